The van der Waals surface area contributed by atoms with Gasteiger partial charge in [0.2, 0.25) is 0 Å². The zero-order chi connectivity index (χ0) is 13.9. The van der Waals surface area contributed by atoms with Crippen molar-refractivity contribution in [1.82, 2.24) is 5.32 Å². The van der Waals surface area contributed by atoms with E-state index in [1.807, 2.05) is 7.05 Å². The number of likely N-dealkylation sites (N-methyl/N-ethyl adjacent to an activating group) is 1. The van der Waals surface area contributed by atoms with Gasteiger partial charge >= 0.3 is 0 Å². The van der Waals surface area contributed by atoms with Gasteiger partial charge in [0.15, 0.2) is 0 Å². The quantitative estimate of drug-likeness (QED) is 0.880. The van der Waals surface area contributed by atoms with E-state index >= 15 is 0 Å². The fourth-order valence-corrected chi connectivity index (χ4v) is 2.40. The van der Waals surface area contributed by atoms with Crippen molar-refractivity contribution in [3.8, 4) is 5.75 Å². The Balaban J connectivity index is 3.30. The highest BCUT2D eigenvalue weighted by molar-refractivity contribution is 5.46. The molecule has 0 amide bonds. The Morgan fingerprint density at radius 1 is 1.28 bits per heavy atom. The maximum atomic E-state index is 5.53. The van der Waals surface area contributed by atoms with Crippen LogP contribution in [0.4, 0.5) is 0 Å². The second-order valence-electron chi connectivity index (χ2n) is 6.12. The third-order valence-electron chi connectivity index (χ3n) is 3.44. The van der Waals surface area contributed by atoms with Crippen LogP contribution in [-0.2, 0) is 5.41 Å². The second-order valence-corrected chi connectivity index (χ2v) is 6.12. The summed E-state index contributed by atoms with van der Waals surface area (Å²) < 4.78 is 5.53. The van der Waals surface area contributed by atoms with Crippen LogP contribution in [0.1, 0.15) is 50.3 Å². The summed E-state index contributed by atoms with van der Waals surface area (Å²) in [6.07, 6.45) is 0. The smallest absolute Gasteiger partial charge is 0.122 e. The first-order valence-electron chi connectivity index (χ1n) is 6.64. The van der Waals surface area contributed by atoms with Crippen LogP contribution in [0.25, 0.3) is 0 Å². The highest BCUT2D eigenvalue weighted by atomic mass is 16.5. The number of methoxy groups -OCH3 is 1. The fourth-order valence-electron chi connectivity index (χ4n) is 2.40. The summed E-state index contributed by atoms with van der Waals surface area (Å²) in [6, 6.07) is 4.48. The SMILES string of the molecule is CNCC(C)c1cc(C(C)(C)C)c(OC)cc1C. The van der Waals surface area contributed by atoms with E-state index in [4.69, 9.17) is 4.74 Å². The van der Waals surface area contributed by atoms with Crippen LogP contribution in [-0.4, -0.2) is 20.7 Å². The molecule has 0 saturated carbocycles. The Morgan fingerprint density at radius 2 is 1.89 bits per heavy atom. The molecule has 1 atom stereocenters. The van der Waals surface area contributed by atoms with Gasteiger partial charge in [0.25, 0.3) is 0 Å². The minimum Gasteiger partial charge on any atom is -0.496 e. The lowest BCUT2D eigenvalue weighted by Gasteiger charge is -2.25. The third kappa shape index (κ3) is 3.26. The number of hydrogen-bond acceptors (Lipinski definition) is 2. The Morgan fingerprint density at radius 3 is 2.33 bits per heavy atom. The molecule has 1 N–H and O–H groups in total. The van der Waals surface area contributed by atoms with E-state index in [2.05, 4.69) is 52.1 Å². The van der Waals surface area contributed by atoms with Crippen molar-refractivity contribution in [3.63, 3.8) is 0 Å². The normalized spacial score (nSPS) is 13.5. The molecule has 2 heteroatoms. The molecule has 0 radical (unpaired) electrons. The molecule has 1 aromatic rings. The summed E-state index contributed by atoms with van der Waals surface area (Å²) in [5.74, 6) is 1.52. The molecular formula is C16H27NO. The van der Waals surface area contributed by atoms with Crippen molar-refractivity contribution in [3.05, 3.63) is 28.8 Å². The van der Waals surface area contributed by atoms with Gasteiger partial charge in [-0.1, -0.05) is 33.8 Å². The summed E-state index contributed by atoms with van der Waals surface area (Å²) in [5, 5.41) is 3.25. The minimum atomic E-state index is 0.104. The topological polar surface area (TPSA) is 21.3 Å². The summed E-state index contributed by atoms with van der Waals surface area (Å²) in [7, 11) is 3.75. The lowest BCUT2D eigenvalue weighted by molar-refractivity contribution is 0.396. The first-order chi connectivity index (χ1) is 8.31. The number of rotatable bonds is 4. The van der Waals surface area contributed by atoms with Crippen LogP contribution in [0.5, 0.6) is 5.75 Å². The number of ether oxygens (including phenoxy) is 1. The van der Waals surface area contributed by atoms with Crippen molar-refractivity contribution >= 4 is 0 Å². The van der Waals surface area contributed by atoms with Gasteiger partial charge in [0, 0.05) is 6.54 Å². The predicted octanol–water partition coefficient (Wildman–Crippen LogP) is 3.62. The average molecular weight is 249 g/mol. The van der Waals surface area contributed by atoms with Gasteiger partial charge in [-0.2, -0.15) is 0 Å². The molecule has 1 unspecified atom stereocenters. The van der Waals surface area contributed by atoms with Gasteiger partial charge < -0.3 is 10.1 Å². The van der Waals surface area contributed by atoms with Crippen molar-refractivity contribution in [2.75, 3.05) is 20.7 Å². The summed E-state index contributed by atoms with van der Waals surface area (Å²) in [4.78, 5) is 0. The fraction of sp³-hybridized carbons (Fsp3) is 0.625. The second kappa shape index (κ2) is 5.75. The van der Waals surface area contributed by atoms with Gasteiger partial charge in [-0.15, -0.1) is 0 Å². The molecule has 0 aromatic heterocycles. The maximum Gasteiger partial charge on any atom is 0.122 e. The summed E-state index contributed by atoms with van der Waals surface area (Å²) in [6.45, 7) is 12.1. The molecular weight excluding hydrogens is 222 g/mol. The van der Waals surface area contributed by atoms with Gasteiger partial charge in [-0.05, 0) is 48.1 Å². The summed E-state index contributed by atoms with van der Waals surface area (Å²) >= 11 is 0. The highest BCUT2D eigenvalue weighted by Crippen LogP contribution is 2.35. The van der Waals surface area contributed by atoms with Crippen LogP contribution in [0.3, 0.4) is 0 Å². The molecule has 2 nitrogen and oxygen atoms in total. The molecule has 0 heterocycles. The van der Waals surface area contributed by atoms with Crippen molar-refractivity contribution in [2.45, 2.75) is 46.0 Å². The molecule has 1 aromatic carbocycles. The van der Waals surface area contributed by atoms with E-state index in [1.54, 1.807) is 7.11 Å². The van der Waals surface area contributed by atoms with E-state index in [-0.39, 0.29) is 5.41 Å². The van der Waals surface area contributed by atoms with Crippen LogP contribution in [0, 0.1) is 6.92 Å². The van der Waals surface area contributed by atoms with Gasteiger partial charge in [-0.3, -0.25) is 0 Å². The molecule has 1 rings (SSSR count). The molecule has 0 saturated heterocycles. The first kappa shape index (κ1) is 15.0. The predicted molar refractivity (Wildman–Crippen MR) is 78.8 cm³/mol. The monoisotopic (exact) mass is 249 g/mol. The molecule has 102 valence electrons. The van der Waals surface area contributed by atoms with Gasteiger partial charge in [0.1, 0.15) is 5.75 Å². The molecule has 0 spiro atoms. The Labute approximate surface area is 112 Å². The lowest BCUT2D eigenvalue weighted by Crippen LogP contribution is -2.18. The van der Waals surface area contributed by atoms with Crippen LogP contribution >= 0.6 is 0 Å². The Bertz CT molecular complexity index is 404. The lowest BCUT2D eigenvalue weighted by atomic mass is 9.82. The number of aryl methyl sites for hydroxylation is 1. The standard InChI is InChI=1S/C16H27NO/c1-11-8-15(18-7)14(16(3,4)5)9-13(11)12(2)10-17-6/h8-9,12,17H,10H2,1-7H3. The largest absolute Gasteiger partial charge is 0.496 e. The zero-order valence-electron chi connectivity index (χ0n) is 12.8. The zero-order valence-corrected chi connectivity index (χ0v) is 12.8. The summed E-state index contributed by atoms with van der Waals surface area (Å²) in [5.41, 5.74) is 4.11. The van der Waals surface area contributed by atoms with Crippen LogP contribution in [0.15, 0.2) is 12.1 Å². The van der Waals surface area contributed by atoms with Crippen LogP contribution in [0.2, 0.25) is 0 Å². The van der Waals surface area contributed by atoms with E-state index < -0.39 is 0 Å². The van der Waals surface area contributed by atoms with E-state index in [1.165, 1.54) is 16.7 Å². The van der Waals surface area contributed by atoms with Crippen molar-refractivity contribution < 1.29 is 4.74 Å². The molecule has 0 fully saturated rings. The average Bonchev–Trinajstić information content (AvgIpc) is 2.27. The minimum absolute atomic E-state index is 0.104. The number of benzene rings is 1. The molecule has 18 heavy (non-hydrogen) atoms. The van der Waals surface area contributed by atoms with Crippen molar-refractivity contribution in [2.24, 2.45) is 0 Å². The molecule has 0 aliphatic heterocycles. The first-order valence-corrected chi connectivity index (χ1v) is 6.64. The van der Waals surface area contributed by atoms with Gasteiger partial charge in [0.05, 0.1) is 7.11 Å². The Kier molecular flexibility index (Phi) is 4.80. The maximum absolute atomic E-state index is 5.53. The van der Waals surface area contributed by atoms with E-state index in [0.29, 0.717) is 5.92 Å². The third-order valence-corrected chi connectivity index (χ3v) is 3.44. The van der Waals surface area contributed by atoms with Gasteiger partial charge in [-0.25, -0.2) is 0 Å². The van der Waals surface area contributed by atoms with Crippen LogP contribution < -0.4 is 10.1 Å². The van der Waals surface area contributed by atoms with E-state index in [9.17, 15) is 0 Å². The number of hydrogen-bond donors (Lipinski definition) is 1. The highest BCUT2D eigenvalue weighted by Gasteiger charge is 2.21. The molecule has 0 aliphatic rings. The molecule has 0 aliphatic carbocycles. The number of nitrogens with one attached hydrogen (secondary N) is 1. The van der Waals surface area contributed by atoms with Crippen molar-refractivity contribution in [1.29, 1.82) is 0 Å². The Hall–Kier alpha value is -1.02. The molecule has 0 bridgehead atoms. The van der Waals surface area contributed by atoms with E-state index in [0.717, 1.165) is 12.3 Å².